The van der Waals surface area contributed by atoms with Gasteiger partial charge < -0.3 is 9.84 Å². The molecule has 0 aliphatic rings. The van der Waals surface area contributed by atoms with Crippen molar-refractivity contribution in [3.8, 4) is 0 Å². The fraction of sp³-hybridized carbons (Fsp3) is 0.400. The molecule has 0 unspecified atom stereocenters. The average Bonchev–Trinajstić information content (AvgIpc) is 2.70. The van der Waals surface area contributed by atoms with Gasteiger partial charge in [-0.1, -0.05) is 13.8 Å². The van der Waals surface area contributed by atoms with Gasteiger partial charge in [-0.3, -0.25) is 0 Å². The van der Waals surface area contributed by atoms with Gasteiger partial charge in [0, 0.05) is 0 Å². The number of rotatable bonds is 5. The molecule has 0 amide bonds. The van der Waals surface area contributed by atoms with Crippen LogP contribution in [0.1, 0.15) is 33.2 Å². The van der Waals surface area contributed by atoms with Crippen LogP contribution in [0, 0.1) is 5.92 Å². The van der Waals surface area contributed by atoms with E-state index in [1.807, 2.05) is 13.8 Å². The lowest BCUT2D eigenvalue weighted by molar-refractivity contribution is 0.0460. The molecular formula is C10H13NO6S2. The molecular weight excluding hydrogens is 294 g/mol. The predicted octanol–water partition coefficient (Wildman–Crippen LogP) is 0.907. The molecule has 19 heavy (non-hydrogen) atoms. The minimum absolute atomic E-state index is 0.0702. The second kappa shape index (κ2) is 5.68. The molecule has 0 spiro atoms. The number of esters is 1. The zero-order valence-corrected chi connectivity index (χ0v) is 11.9. The summed E-state index contributed by atoms with van der Waals surface area (Å²) < 4.78 is 27.5. The van der Waals surface area contributed by atoms with Gasteiger partial charge in [-0.25, -0.2) is 23.1 Å². The summed E-state index contributed by atoms with van der Waals surface area (Å²) in [4.78, 5) is 21.4. The third-order valence-electron chi connectivity index (χ3n) is 1.95. The van der Waals surface area contributed by atoms with Gasteiger partial charge in [0.1, 0.15) is 14.6 Å². The smallest absolute Gasteiger partial charge is 0.349 e. The van der Waals surface area contributed by atoms with Crippen molar-refractivity contribution in [3.63, 3.8) is 0 Å². The van der Waals surface area contributed by atoms with Gasteiger partial charge in [-0.15, -0.1) is 11.3 Å². The first-order valence-electron chi connectivity index (χ1n) is 5.20. The van der Waals surface area contributed by atoms with Crippen molar-refractivity contribution >= 4 is 33.3 Å². The quantitative estimate of drug-likeness (QED) is 0.779. The third kappa shape index (κ3) is 4.01. The van der Waals surface area contributed by atoms with Crippen LogP contribution in [0.2, 0.25) is 0 Å². The highest BCUT2D eigenvalue weighted by atomic mass is 32.2. The molecule has 1 aromatic rings. The summed E-state index contributed by atoms with van der Waals surface area (Å²) in [5, 5.41) is 13.8. The number of hydrogen-bond acceptors (Lipinski definition) is 6. The van der Waals surface area contributed by atoms with E-state index < -0.39 is 26.9 Å². The lowest BCUT2D eigenvalue weighted by Gasteiger charge is -2.06. The molecule has 1 rings (SSSR count). The molecule has 106 valence electrons. The van der Waals surface area contributed by atoms with E-state index in [0.717, 1.165) is 6.07 Å². The minimum Gasteiger partial charge on any atom is -0.477 e. The van der Waals surface area contributed by atoms with Crippen LogP contribution >= 0.6 is 11.3 Å². The van der Waals surface area contributed by atoms with Gasteiger partial charge in [0.2, 0.25) is 10.0 Å². The molecule has 0 aliphatic heterocycles. The number of hydrogen-bond donors (Lipinski definition) is 2. The van der Waals surface area contributed by atoms with E-state index in [2.05, 4.69) is 0 Å². The number of carbonyl (C=O) groups is 2. The summed E-state index contributed by atoms with van der Waals surface area (Å²) in [6.45, 7) is 3.72. The highest BCUT2D eigenvalue weighted by Crippen LogP contribution is 2.26. The van der Waals surface area contributed by atoms with Crippen molar-refractivity contribution < 1.29 is 27.9 Å². The van der Waals surface area contributed by atoms with Gasteiger partial charge in [0.15, 0.2) is 0 Å². The number of carboxylic acids is 1. The Bertz CT molecular complexity index is 602. The Hall–Kier alpha value is -1.45. The second-order valence-corrected chi connectivity index (χ2v) is 6.73. The summed E-state index contributed by atoms with van der Waals surface area (Å²) in [5.74, 6) is -2.16. The number of ether oxygens (including phenoxy) is 1. The van der Waals surface area contributed by atoms with E-state index in [1.54, 1.807) is 0 Å². The van der Waals surface area contributed by atoms with Crippen LogP contribution in [0.15, 0.2) is 11.0 Å². The maximum atomic E-state index is 11.7. The second-order valence-electron chi connectivity index (χ2n) is 4.15. The first-order valence-corrected chi connectivity index (χ1v) is 7.56. The van der Waals surface area contributed by atoms with Crippen molar-refractivity contribution in [3.05, 3.63) is 15.8 Å². The SMILES string of the molecule is CC(C)COC(=O)c1sc(C(=O)O)cc1S(N)(=O)=O. The van der Waals surface area contributed by atoms with Crippen molar-refractivity contribution in [2.75, 3.05) is 6.61 Å². The summed E-state index contributed by atoms with van der Waals surface area (Å²) in [5.41, 5.74) is 0. The number of sulfonamides is 1. The van der Waals surface area contributed by atoms with Gasteiger partial charge in [0.25, 0.3) is 0 Å². The highest BCUT2D eigenvalue weighted by Gasteiger charge is 2.26. The number of carbonyl (C=O) groups excluding carboxylic acids is 1. The van der Waals surface area contributed by atoms with Crippen LogP contribution in [-0.2, 0) is 14.8 Å². The summed E-state index contributed by atoms with van der Waals surface area (Å²) in [6.07, 6.45) is 0. The molecule has 0 atom stereocenters. The molecule has 0 fully saturated rings. The first-order chi connectivity index (χ1) is 8.62. The lowest BCUT2D eigenvalue weighted by atomic mass is 10.2. The minimum atomic E-state index is -4.18. The number of carboxylic acid groups (broad SMARTS) is 1. The maximum Gasteiger partial charge on any atom is 0.349 e. The van der Waals surface area contributed by atoms with E-state index in [9.17, 15) is 18.0 Å². The van der Waals surface area contributed by atoms with Crippen LogP contribution in [0.5, 0.6) is 0 Å². The summed E-state index contributed by atoms with van der Waals surface area (Å²) >= 11 is 0.521. The van der Waals surface area contributed by atoms with E-state index in [0.29, 0.717) is 11.3 Å². The Morgan fingerprint density at radius 2 is 2.05 bits per heavy atom. The van der Waals surface area contributed by atoms with Crippen molar-refractivity contribution in [2.24, 2.45) is 11.1 Å². The molecule has 0 aromatic carbocycles. The van der Waals surface area contributed by atoms with Gasteiger partial charge >= 0.3 is 11.9 Å². The summed E-state index contributed by atoms with van der Waals surface area (Å²) in [6, 6.07) is 0.855. The molecule has 0 saturated carbocycles. The van der Waals surface area contributed by atoms with Crippen LogP contribution in [-0.4, -0.2) is 32.1 Å². The van der Waals surface area contributed by atoms with Crippen LogP contribution in [0.3, 0.4) is 0 Å². The van der Waals surface area contributed by atoms with Crippen LogP contribution < -0.4 is 5.14 Å². The topological polar surface area (TPSA) is 124 Å². The van der Waals surface area contributed by atoms with Gasteiger partial charge in [-0.2, -0.15) is 0 Å². The fourth-order valence-corrected chi connectivity index (χ4v) is 3.10. The Kier molecular flexibility index (Phi) is 4.66. The van der Waals surface area contributed by atoms with E-state index in [4.69, 9.17) is 15.0 Å². The number of nitrogens with two attached hydrogens (primary N) is 1. The molecule has 1 aromatic heterocycles. The van der Waals surface area contributed by atoms with Crippen LogP contribution in [0.25, 0.3) is 0 Å². The molecule has 0 saturated heterocycles. The first kappa shape index (κ1) is 15.6. The van der Waals surface area contributed by atoms with Crippen molar-refractivity contribution in [2.45, 2.75) is 18.7 Å². The Labute approximate surface area is 114 Å². The largest absolute Gasteiger partial charge is 0.477 e. The lowest BCUT2D eigenvalue weighted by Crippen LogP contribution is -2.17. The molecule has 9 heteroatoms. The number of thiophene rings is 1. The standard InChI is InChI=1S/C10H13NO6S2/c1-5(2)4-17-10(14)8-7(19(11,15)16)3-6(18-8)9(12)13/h3,5H,4H2,1-2H3,(H,12,13)(H2,11,15,16). The maximum absolute atomic E-state index is 11.7. The third-order valence-corrected chi connectivity index (χ3v) is 4.12. The Morgan fingerprint density at radius 3 is 2.47 bits per heavy atom. The molecule has 7 nitrogen and oxygen atoms in total. The predicted molar refractivity (Wildman–Crippen MR) is 67.8 cm³/mol. The highest BCUT2D eigenvalue weighted by molar-refractivity contribution is 7.89. The van der Waals surface area contributed by atoms with Gasteiger partial charge in [0.05, 0.1) is 6.61 Å². The van der Waals surface area contributed by atoms with Gasteiger partial charge in [-0.05, 0) is 12.0 Å². The number of aromatic carboxylic acids is 1. The normalized spacial score (nSPS) is 11.6. The summed E-state index contributed by atoms with van der Waals surface area (Å²) in [7, 11) is -4.18. The number of primary sulfonamides is 1. The molecule has 3 N–H and O–H groups in total. The zero-order chi connectivity index (χ0) is 14.8. The Balaban J connectivity index is 3.18. The molecule has 0 radical (unpaired) electrons. The van der Waals surface area contributed by atoms with Crippen LogP contribution in [0.4, 0.5) is 0 Å². The zero-order valence-electron chi connectivity index (χ0n) is 10.2. The van der Waals surface area contributed by atoms with Crippen molar-refractivity contribution in [1.82, 2.24) is 0 Å². The molecule has 0 bridgehead atoms. The van der Waals surface area contributed by atoms with Crippen molar-refractivity contribution in [1.29, 1.82) is 0 Å². The molecule has 1 heterocycles. The van der Waals surface area contributed by atoms with E-state index >= 15 is 0 Å². The average molecular weight is 307 g/mol. The fourth-order valence-electron chi connectivity index (χ4n) is 1.14. The monoisotopic (exact) mass is 307 g/mol. The van der Waals surface area contributed by atoms with E-state index in [1.165, 1.54) is 0 Å². The Morgan fingerprint density at radius 1 is 1.47 bits per heavy atom. The molecule has 0 aliphatic carbocycles. The van der Waals surface area contributed by atoms with E-state index in [-0.39, 0.29) is 22.3 Å².